The van der Waals surface area contributed by atoms with Crippen LogP contribution in [0.25, 0.3) is 10.2 Å². The molecule has 0 radical (unpaired) electrons. The van der Waals surface area contributed by atoms with Gasteiger partial charge < -0.3 is 4.90 Å². The van der Waals surface area contributed by atoms with E-state index in [1.807, 2.05) is 48.1 Å². The molecule has 0 N–H and O–H groups in total. The molecule has 0 bridgehead atoms. The van der Waals surface area contributed by atoms with Gasteiger partial charge in [-0.15, -0.1) is 11.3 Å². The third-order valence-electron chi connectivity index (χ3n) is 6.06. The fourth-order valence-corrected chi connectivity index (χ4v) is 5.27. The molecule has 7 heteroatoms. The molecule has 0 fully saturated rings. The summed E-state index contributed by atoms with van der Waals surface area (Å²) in [6.45, 7) is 9.31. The van der Waals surface area contributed by atoms with Crippen molar-refractivity contribution in [3.63, 3.8) is 0 Å². The molecule has 0 spiro atoms. The Hall–Kier alpha value is -2.32. The SMILES string of the molecule is CC.CCC(c1nc2sccc2c(=O)n1Cc1ccccc1)N(CCN(C)C)Cc1ccc(Br)cc1. The van der Waals surface area contributed by atoms with Gasteiger partial charge in [0, 0.05) is 24.1 Å². The Labute approximate surface area is 227 Å². The lowest BCUT2D eigenvalue weighted by Crippen LogP contribution is -2.38. The number of nitrogens with zero attached hydrogens (tertiary/aromatic N) is 4. The smallest absolute Gasteiger partial charge is 0.262 e. The van der Waals surface area contributed by atoms with Crippen LogP contribution in [0.15, 0.2) is 75.3 Å². The van der Waals surface area contributed by atoms with Gasteiger partial charge in [0.15, 0.2) is 0 Å². The molecule has 5 nitrogen and oxygen atoms in total. The van der Waals surface area contributed by atoms with E-state index in [2.05, 4.69) is 83.1 Å². The molecule has 1 atom stereocenters. The first-order valence-corrected chi connectivity index (χ1v) is 14.3. The van der Waals surface area contributed by atoms with Crippen LogP contribution in [0.1, 0.15) is 50.2 Å². The highest BCUT2D eigenvalue weighted by atomic mass is 79.9. The van der Waals surface area contributed by atoms with Gasteiger partial charge in [-0.25, -0.2) is 4.98 Å². The largest absolute Gasteiger partial charge is 0.308 e. The third-order valence-corrected chi connectivity index (χ3v) is 7.39. The molecule has 2 aromatic heterocycles. The van der Waals surface area contributed by atoms with Gasteiger partial charge in [-0.2, -0.15) is 0 Å². The fraction of sp³-hybridized carbons (Fsp3) is 0.379. The predicted octanol–water partition coefficient (Wildman–Crippen LogP) is 6.81. The highest BCUT2D eigenvalue weighted by Crippen LogP contribution is 2.27. The average Bonchev–Trinajstić information content (AvgIpc) is 3.37. The lowest BCUT2D eigenvalue weighted by molar-refractivity contribution is 0.156. The highest BCUT2D eigenvalue weighted by molar-refractivity contribution is 9.10. The van der Waals surface area contributed by atoms with Crippen molar-refractivity contribution in [2.24, 2.45) is 0 Å². The zero-order valence-electron chi connectivity index (χ0n) is 21.9. The predicted molar refractivity (Wildman–Crippen MR) is 157 cm³/mol. The number of aromatic nitrogens is 2. The van der Waals surface area contributed by atoms with E-state index in [0.717, 1.165) is 46.7 Å². The number of likely N-dealkylation sites (N-methyl/N-ethyl adjacent to an activating group) is 1. The maximum atomic E-state index is 13.6. The summed E-state index contributed by atoms with van der Waals surface area (Å²) in [5, 5.41) is 2.66. The third kappa shape index (κ3) is 7.13. The summed E-state index contributed by atoms with van der Waals surface area (Å²) in [4.78, 5) is 24.2. The van der Waals surface area contributed by atoms with Crippen LogP contribution in [-0.2, 0) is 13.1 Å². The first kappa shape index (κ1) is 28.3. The molecular weight excluding hydrogens is 532 g/mol. The summed E-state index contributed by atoms with van der Waals surface area (Å²) in [7, 11) is 4.19. The average molecular weight is 570 g/mol. The van der Waals surface area contributed by atoms with Crippen LogP contribution in [0.2, 0.25) is 0 Å². The zero-order chi connectivity index (χ0) is 26.1. The normalized spacial score (nSPS) is 12.1. The second-order valence-corrected chi connectivity index (χ2v) is 10.6. The molecule has 0 saturated heterocycles. The molecule has 0 saturated carbocycles. The lowest BCUT2D eigenvalue weighted by atomic mass is 10.1. The second-order valence-electron chi connectivity index (χ2n) is 8.81. The van der Waals surface area contributed by atoms with Crippen molar-refractivity contribution in [2.75, 3.05) is 27.2 Å². The molecule has 0 amide bonds. The summed E-state index contributed by atoms with van der Waals surface area (Å²) in [6, 6.07) is 20.6. The Bertz CT molecular complexity index is 1270. The summed E-state index contributed by atoms with van der Waals surface area (Å²) >= 11 is 5.08. The van der Waals surface area contributed by atoms with Crippen LogP contribution in [0, 0.1) is 0 Å². The fourth-order valence-electron chi connectivity index (χ4n) is 4.24. The van der Waals surface area contributed by atoms with Crippen molar-refractivity contribution in [3.8, 4) is 0 Å². The monoisotopic (exact) mass is 568 g/mol. The maximum absolute atomic E-state index is 13.6. The van der Waals surface area contributed by atoms with Gasteiger partial charge in [-0.1, -0.05) is 79.2 Å². The molecular formula is C29H37BrN4OS. The van der Waals surface area contributed by atoms with Crippen LogP contribution in [-0.4, -0.2) is 46.5 Å². The number of rotatable bonds is 10. The number of benzene rings is 2. The van der Waals surface area contributed by atoms with Gasteiger partial charge in [-0.05, 0) is 55.2 Å². The number of hydrogen-bond donors (Lipinski definition) is 0. The minimum atomic E-state index is 0.0199. The van der Waals surface area contributed by atoms with Crippen LogP contribution in [0.4, 0.5) is 0 Å². The van der Waals surface area contributed by atoms with Gasteiger partial charge in [0.05, 0.1) is 18.0 Å². The standard InChI is InChI=1S/C27H31BrN4OS.C2H6/c1-4-24(31(16-15-30(2)3)18-21-10-12-22(28)13-11-21)25-29-26-23(14-17-34-26)27(33)32(25)19-20-8-6-5-7-9-20;1-2/h5-14,17,24H,4,15-16,18-19H2,1-3H3;1-2H3. The Balaban J connectivity index is 0.00000176. The van der Waals surface area contributed by atoms with E-state index in [4.69, 9.17) is 4.98 Å². The first-order valence-electron chi connectivity index (χ1n) is 12.6. The van der Waals surface area contributed by atoms with Crippen molar-refractivity contribution in [3.05, 3.63) is 97.8 Å². The van der Waals surface area contributed by atoms with Crippen molar-refractivity contribution in [2.45, 2.75) is 46.3 Å². The van der Waals surface area contributed by atoms with E-state index in [0.29, 0.717) is 11.9 Å². The Morgan fingerprint density at radius 2 is 1.67 bits per heavy atom. The van der Waals surface area contributed by atoms with Gasteiger partial charge in [-0.3, -0.25) is 14.3 Å². The number of hydrogen-bond acceptors (Lipinski definition) is 5. The van der Waals surface area contributed by atoms with Gasteiger partial charge in [0.2, 0.25) is 0 Å². The Kier molecular flexibility index (Phi) is 10.9. The zero-order valence-corrected chi connectivity index (χ0v) is 24.3. The molecule has 0 aliphatic rings. The molecule has 4 rings (SSSR count). The minimum absolute atomic E-state index is 0.0199. The number of fused-ring (bicyclic) bond motifs is 1. The maximum Gasteiger partial charge on any atom is 0.262 e. The summed E-state index contributed by atoms with van der Waals surface area (Å²) in [5.74, 6) is 0.849. The van der Waals surface area contributed by atoms with Crippen LogP contribution >= 0.6 is 27.3 Å². The molecule has 192 valence electrons. The molecule has 4 aromatic rings. The first-order chi connectivity index (χ1) is 17.5. The number of thiophene rings is 1. The Morgan fingerprint density at radius 1 is 0.972 bits per heavy atom. The van der Waals surface area contributed by atoms with Crippen molar-refractivity contribution >= 4 is 37.5 Å². The second kappa shape index (κ2) is 13.8. The summed E-state index contributed by atoms with van der Waals surface area (Å²) in [6.07, 6.45) is 0.863. The lowest BCUT2D eigenvalue weighted by Gasteiger charge is -2.33. The van der Waals surface area contributed by atoms with Crippen molar-refractivity contribution in [1.29, 1.82) is 0 Å². The summed E-state index contributed by atoms with van der Waals surface area (Å²) < 4.78 is 2.97. The van der Waals surface area contributed by atoms with Gasteiger partial charge >= 0.3 is 0 Å². The van der Waals surface area contributed by atoms with Crippen LogP contribution in [0.3, 0.4) is 0 Å². The Morgan fingerprint density at radius 3 is 2.31 bits per heavy atom. The quantitative estimate of drug-likeness (QED) is 0.211. The van der Waals surface area contributed by atoms with E-state index in [-0.39, 0.29) is 11.6 Å². The molecule has 1 unspecified atom stereocenters. The molecule has 36 heavy (non-hydrogen) atoms. The molecule has 2 aromatic carbocycles. The van der Waals surface area contributed by atoms with E-state index in [9.17, 15) is 4.79 Å². The molecule has 2 heterocycles. The van der Waals surface area contributed by atoms with Crippen molar-refractivity contribution in [1.82, 2.24) is 19.4 Å². The van der Waals surface area contributed by atoms with E-state index >= 15 is 0 Å². The van der Waals surface area contributed by atoms with Gasteiger partial charge in [0.25, 0.3) is 5.56 Å². The van der Waals surface area contributed by atoms with Crippen LogP contribution < -0.4 is 5.56 Å². The van der Waals surface area contributed by atoms with Gasteiger partial charge in [0.1, 0.15) is 10.7 Å². The molecule has 0 aliphatic carbocycles. The summed E-state index contributed by atoms with van der Waals surface area (Å²) in [5.41, 5.74) is 2.39. The molecule has 0 aliphatic heterocycles. The van der Waals surface area contributed by atoms with E-state index < -0.39 is 0 Å². The minimum Gasteiger partial charge on any atom is -0.308 e. The number of halogens is 1. The van der Waals surface area contributed by atoms with E-state index in [1.54, 1.807) is 0 Å². The van der Waals surface area contributed by atoms with E-state index in [1.165, 1.54) is 16.9 Å². The van der Waals surface area contributed by atoms with Crippen molar-refractivity contribution < 1.29 is 0 Å². The topological polar surface area (TPSA) is 41.4 Å². The highest BCUT2D eigenvalue weighted by Gasteiger charge is 2.25. The van der Waals surface area contributed by atoms with Crippen LogP contribution in [0.5, 0.6) is 0 Å².